The van der Waals surface area contributed by atoms with Crippen molar-refractivity contribution in [3.05, 3.63) is 65.5 Å². The van der Waals surface area contributed by atoms with Crippen LogP contribution in [0.4, 0.5) is 0 Å². The van der Waals surface area contributed by atoms with E-state index in [2.05, 4.69) is 4.98 Å². The molecule has 0 radical (unpaired) electrons. The highest BCUT2D eigenvalue weighted by Gasteiger charge is 2.11. The van der Waals surface area contributed by atoms with Gasteiger partial charge in [-0.05, 0) is 48.4 Å². The molecule has 0 saturated carbocycles. The summed E-state index contributed by atoms with van der Waals surface area (Å²) in [6.07, 6.45) is 4.30. The lowest BCUT2D eigenvalue weighted by molar-refractivity contribution is 0.0785. The summed E-state index contributed by atoms with van der Waals surface area (Å²) in [5, 5.41) is 0. The van der Waals surface area contributed by atoms with Gasteiger partial charge >= 0.3 is 0 Å². The Bertz CT molecular complexity index is 552. The maximum absolute atomic E-state index is 12.3. The summed E-state index contributed by atoms with van der Waals surface area (Å²) in [4.78, 5) is 18.0. The summed E-state index contributed by atoms with van der Waals surface area (Å²) in [7, 11) is 1.80. The number of rotatable bonds is 5. The van der Waals surface area contributed by atoms with E-state index in [0.717, 1.165) is 17.5 Å². The maximum Gasteiger partial charge on any atom is 0.253 e. The normalized spacial score (nSPS) is 10.3. The Morgan fingerprint density at radius 3 is 2.35 bits per heavy atom. The van der Waals surface area contributed by atoms with Gasteiger partial charge in [-0.25, -0.2) is 0 Å². The van der Waals surface area contributed by atoms with Gasteiger partial charge in [-0.2, -0.15) is 0 Å². The number of hydrogen-bond donors (Lipinski definition) is 1. The molecule has 0 fully saturated rings. The molecule has 0 aliphatic heterocycles. The number of hydrogen-bond acceptors (Lipinski definition) is 3. The molecule has 1 heterocycles. The van der Waals surface area contributed by atoms with Gasteiger partial charge < -0.3 is 10.6 Å². The highest BCUT2D eigenvalue weighted by atomic mass is 16.2. The Kier molecular flexibility index (Phi) is 4.85. The van der Waals surface area contributed by atoms with E-state index in [1.165, 1.54) is 0 Å². The number of carbonyl (C=O) groups excluding carboxylic acids is 1. The molecule has 0 aliphatic rings. The third-order valence-corrected chi connectivity index (χ3v) is 3.15. The second-order valence-corrected chi connectivity index (χ2v) is 4.75. The molecule has 0 atom stereocenters. The van der Waals surface area contributed by atoms with E-state index in [1.807, 2.05) is 36.4 Å². The van der Waals surface area contributed by atoms with Crippen molar-refractivity contribution in [2.45, 2.75) is 13.0 Å². The maximum atomic E-state index is 12.3. The fourth-order valence-corrected chi connectivity index (χ4v) is 2.03. The third-order valence-electron chi connectivity index (χ3n) is 3.15. The van der Waals surface area contributed by atoms with Crippen LogP contribution in [-0.2, 0) is 13.0 Å². The van der Waals surface area contributed by atoms with Gasteiger partial charge in [0.05, 0.1) is 0 Å². The van der Waals surface area contributed by atoms with Crippen molar-refractivity contribution in [2.24, 2.45) is 5.73 Å². The molecule has 2 N–H and O–H groups in total. The minimum Gasteiger partial charge on any atom is -0.337 e. The van der Waals surface area contributed by atoms with Gasteiger partial charge in [-0.15, -0.1) is 0 Å². The van der Waals surface area contributed by atoms with Gasteiger partial charge in [-0.1, -0.05) is 12.1 Å². The molecule has 2 rings (SSSR count). The molecule has 0 aliphatic carbocycles. The lowest BCUT2D eigenvalue weighted by Gasteiger charge is -2.17. The van der Waals surface area contributed by atoms with E-state index in [0.29, 0.717) is 18.7 Å². The first kappa shape index (κ1) is 14.2. The highest BCUT2D eigenvalue weighted by molar-refractivity contribution is 5.94. The minimum absolute atomic E-state index is 0.0149. The number of carbonyl (C=O) groups is 1. The quantitative estimate of drug-likeness (QED) is 0.901. The van der Waals surface area contributed by atoms with Crippen molar-refractivity contribution in [3.63, 3.8) is 0 Å². The van der Waals surface area contributed by atoms with Crippen molar-refractivity contribution < 1.29 is 4.79 Å². The van der Waals surface area contributed by atoms with Crippen LogP contribution in [0, 0.1) is 0 Å². The Morgan fingerprint density at radius 2 is 1.75 bits per heavy atom. The molecule has 1 aromatic carbocycles. The zero-order valence-corrected chi connectivity index (χ0v) is 11.6. The van der Waals surface area contributed by atoms with E-state index >= 15 is 0 Å². The molecule has 0 saturated heterocycles. The third kappa shape index (κ3) is 3.65. The summed E-state index contributed by atoms with van der Waals surface area (Å²) < 4.78 is 0. The zero-order chi connectivity index (χ0) is 14.4. The van der Waals surface area contributed by atoms with Crippen molar-refractivity contribution in [3.8, 4) is 0 Å². The van der Waals surface area contributed by atoms with Crippen LogP contribution in [0.2, 0.25) is 0 Å². The molecule has 4 heteroatoms. The summed E-state index contributed by atoms with van der Waals surface area (Å²) in [5.74, 6) is 0.0149. The van der Waals surface area contributed by atoms with Gasteiger partial charge in [0.2, 0.25) is 0 Å². The monoisotopic (exact) mass is 269 g/mol. The highest BCUT2D eigenvalue weighted by Crippen LogP contribution is 2.10. The van der Waals surface area contributed by atoms with Gasteiger partial charge in [0.15, 0.2) is 0 Å². The Hall–Kier alpha value is -2.20. The standard InChI is InChI=1S/C16H19N3O/c1-19(12-14-7-10-18-11-8-14)16(20)15-4-2-13(3-5-15)6-9-17/h2-5,7-8,10-11H,6,9,12,17H2,1H3. The molecule has 4 nitrogen and oxygen atoms in total. The van der Waals surface area contributed by atoms with Gasteiger partial charge in [0.1, 0.15) is 0 Å². The number of aromatic nitrogens is 1. The second-order valence-electron chi connectivity index (χ2n) is 4.75. The van der Waals surface area contributed by atoms with Crippen LogP contribution >= 0.6 is 0 Å². The van der Waals surface area contributed by atoms with Crippen molar-refractivity contribution in [1.29, 1.82) is 0 Å². The van der Waals surface area contributed by atoms with E-state index in [4.69, 9.17) is 5.73 Å². The Labute approximate surface area is 119 Å². The fraction of sp³-hybridized carbons (Fsp3) is 0.250. The molecule has 0 bridgehead atoms. The Morgan fingerprint density at radius 1 is 1.10 bits per heavy atom. The van der Waals surface area contributed by atoms with Gasteiger partial charge in [0.25, 0.3) is 5.91 Å². The second kappa shape index (κ2) is 6.82. The van der Waals surface area contributed by atoms with Crippen LogP contribution in [-0.4, -0.2) is 29.4 Å². The predicted octanol–water partition coefficient (Wildman–Crippen LogP) is 1.85. The van der Waals surface area contributed by atoms with Crippen LogP contribution in [0.25, 0.3) is 0 Å². The van der Waals surface area contributed by atoms with Crippen LogP contribution in [0.1, 0.15) is 21.5 Å². The molecule has 2 aromatic rings. The fourth-order valence-electron chi connectivity index (χ4n) is 2.03. The first-order valence-electron chi connectivity index (χ1n) is 6.64. The van der Waals surface area contributed by atoms with E-state index in [9.17, 15) is 4.79 Å². The average Bonchev–Trinajstić information content (AvgIpc) is 2.48. The topological polar surface area (TPSA) is 59.2 Å². The predicted molar refractivity (Wildman–Crippen MR) is 79.2 cm³/mol. The van der Waals surface area contributed by atoms with Gasteiger partial charge in [0, 0.05) is 31.5 Å². The van der Waals surface area contributed by atoms with Crippen LogP contribution < -0.4 is 5.73 Å². The summed E-state index contributed by atoms with van der Waals surface area (Å²) >= 11 is 0. The SMILES string of the molecule is CN(Cc1ccncc1)C(=O)c1ccc(CCN)cc1. The molecule has 0 unspecified atom stereocenters. The lowest BCUT2D eigenvalue weighted by atomic mass is 10.1. The molecule has 20 heavy (non-hydrogen) atoms. The smallest absolute Gasteiger partial charge is 0.253 e. The van der Waals surface area contributed by atoms with Gasteiger partial charge in [-0.3, -0.25) is 9.78 Å². The van der Waals surface area contributed by atoms with E-state index in [-0.39, 0.29) is 5.91 Å². The molecular formula is C16H19N3O. The van der Waals surface area contributed by atoms with Crippen molar-refractivity contribution in [2.75, 3.05) is 13.6 Å². The van der Waals surface area contributed by atoms with Crippen LogP contribution in [0.5, 0.6) is 0 Å². The summed E-state index contributed by atoms with van der Waals surface area (Å²) in [6, 6.07) is 11.5. The molecular weight excluding hydrogens is 250 g/mol. The summed E-state index contributed by atoms with van der Waals surface area (Å²) in [6.45, 7) is 1.20. The van der Waals surface area contributed by atoms with Crippen molar-refractivity contribution >= 4 is 5.91 Å². The van der Waals surface area contributed by atoms with Crippen LogP contribution in [0.15, 0.2) is 48.8 Å². The number of benzene rings is 1. The molecule has 1 amide bonds. The molecule has 1 aromatic heterocycles. The molecule has 0 spiro atoms. The van der Waals surface area contributed by atoms with E-state index in [1.54, 1.807) is 24.3 Å². The number of nitrogens with two attached hydrogens (primary N) is 1. The minimum atomic E-state index is 0.0149. The number of pyridine rings is 1. The number of amides is 1. The largest absolute Gasteiger partial charge is 0.337 e. The van der Waals surface area contributed by atoms with Crippen LogP contribution in [0.3, 0.4) is 0 Å². The van der Waals surface area contributed by atoms with E-state index < -0.39 is 0 Å². The molecule has 104 valence electrons. The lowest BCUT2D eigenvalue weighted by Crippen LogP contribution is -2.26. The zero-order valence-electron chi connectivity index (χ0n) is 11.6. The average molecular weight is 269 g/mol. The first-order valence-corrected chi connectivity index (χ1v) is 6.64. The first-order chi connectivity index (χ1) is 9.70. The summed E-state index contributed by atoms with van der Waals surface area (Å²) in [5.41, 5.74) is 8.43. The number of nitrogens with zero attached hydrogens (tertiary/aromatic N) is 2. The Balaban J connectivity index is 2.03. The van der Waals surface area contributed by atoms with Crippen molar-refractivity contribution in [1.82, 2.24) is 9.88 Å².